The molecule has 170 valence electrons. The van der Waals surface area contributed by atoms with Crippen LogP contribution in [0.5, 0.6) is 5.75 Å². The minimum absolute atomic E-state index is 0.102. The van der Waals surface area contributed by atoms with Crippen molar-refractivity contribution in [3.05, 3.63) is 72.0 Å². The molecular formula is C25H29NO6. The van der Waals surface area contributed by atoms with Crippen molar-refractivity contribution in [2.75, 3.05) is 18.5 Å². The molecule has 0 aliphatic carbocycles. The van der Waals surface area contributed by atoms with E-state index in [9.17, 15) is 14.4 Å². The number of esters is 2. The van der Waals surface area contributed by atoms with Crippen LogP contribution in [0.4, 0.5) is 5.69 Å². The van der Waals surface area contributed by atoms with Gasteiger partial charge in [-0.15, -0.1) is 0 Å². The fraction of sp³-hybridized carbons (Fsp3) is 0.320. The molecule has 0 heterocycles. The number of amides is 1. The Labute approximate surface area is 188 Å². The molecule has 0 saturated heterocycles. The lowest BCUT2D eigenvalue weighted by molar-refractivity contribution is -0.144. The molecule has 2 aromatic rings. The maximum Gasteiger partial charge on any atom is 0.374 e. The molecule has 1 amide bonds. The van der Waals surface area contributed by atoms with E-state index in [1.807, 2.05) is 33.8 Å². The van der Waals surface area contributed by atoms with Gasteiger partial charge in [-0.3, -0.25) is 4.79 Å². The molecule has 0 fully saturated rings. The number of ether oxygens (including phenoxy) is 3. The molecule has 0 aliphatic heterocycles. The SMILES string of the molecule is CC(C)COC(=O)/C=C(\Oc1ccccc1NC(=O)c1ccccc1)C(=O)OCC(C)C. The quantitative estimate of drug-likeness (QED) is 0.331. The molecule has 0 spiro atoms. The molecular weight excluding hydrogens is 410 g/mol. The van der Waals surface area contributed by atoms with E-state index in [0.717, 1.165) is 6.08 Å². The zero-order valence-corrected chi connectivity index (χ0v) is 18.8. The molecule has 0 radical (unpaired) electrons. The lowest BCUT2D eigenvalue weighted by atomic mass is 10.2. The van der Waals surface area contributed by atoms with E-state index in [1.165, 1.54) is 0 Å². The summed E-state index contributed by atoms with van der Waals surface area (Å²) >= 11 is 0. The lowest BCUT2D eigenvalue weighted by Crippen LogP contribution is -2.19. The molecule has 2 aromatic carbocycles. The Kier molecular flexibility index (Phi) is 9.47. The number of para-hydroxylation sites is 2. The van der Waals surface area contributed by atoms with E-state index in [2.05, 4.69) is 5.32 Å². The number of benzene rings is 2. The molecule has 32 heavy (non-hydrogen) atoms. The lowest BCUT2D eigenvalue weighted by Gasteiger charge is -2.15. The Balaban J connectivity index is 2.25. The van der Waals surface area contributed by atoms with Gasteiger partial charge in [0.25, 0.3) is 5.91 Å². The highest BCUT2D eigenvalue weighted by Crippen LogP contribution is 2.27. The van der Waals surface area contributed by atoms with Crippen molar-refractivity contribution in [1.82, 2.24) is 0 Å². The Morgan fingerprint density at radius 3 is 2.09 bits per heavy atom. The molecule has 7 heteroatoms. The number of rotatable bonds is 10. The van der Waals surface area contributed by atoms with Crippen molar-refractivity contribution in [2.24, 2.45) is 11.8 Å². The Morgan fingerprint density at radius 1 is 0.844 bits per heavy atom. The second-order valence-corrected chi connectivity index (χ2v) is 7.94. The van der Waals surface area contributed by atoms with Gasteiger partial charge in [0.2, 0.25) is 5.76 Å². The zero-order chi connectivity index (χ0) is 23.5. The van der Waals surface area contributed by atoms with E-state index in [4.69, 9.17) is 14.2 Å². The Morgan fingerprint density at radius 2 is 1.44 bits per heavy atom. The van der Waals surface area contributed by atoms with Gasteiger partial charge in [-0.2, -0.15) is 0 Å². The van der Waals surface area contributed by atoms with Crippen LogP contribution in [-0.2, 0) is 19.1 Å². The average molecular weight is 440 g/mol. The molecule has 1 N–H and O–H groups in total. The third-order valence-corrected chi connectivity index (χ3v) is 3.95. The normalized spacial score (nSPS) is 11.2. The Bertz CT molecular complexity index is 950. The van der Waals surface area contributed by atoms with Gasteiger partial charge < -0.3 is 19.5 Å². The molecule has 0 bridgehead atoms. The second-order valence-electron chi connectivity index (χ2n) is 7.94. The highest BCUT2D eigenvalue weighted by atomic mass is 16.6. The summed E-state index contributed by atoms with van der Waals surface area (Å²) in [7, 11) is 0. The fourth-order valence-electron chi connectivity index (χ4n) is 2.40. The van der Waals surface area contributed by atoms with Crippen molar-refractivity contribution in [1.29, 1.82) is 0 Å². The van der Waals surface area contributed by atoms with Crippen LogP contribution in [0, 0.1) is 11.8 Å². The largest absolute Gasteiger partial charge is 0.462 e. The molecule has 7 nitrogen and oxygen atoms in total. The van der Waals surface area contributed by atoms with E-state index >= 15 is 0 Å². The van der Waals surface area contributed by atoms with Crippen LogP contribution in [0.15, 0.2) is 66.4 Å². The summed E-state index contributed by atoms with van der Waals surface area (Å²) in [6.45, 7) is 7.94. The van der Waals surface area contributed by atoms with Gasteiger partial charge >= 0.3 is 11.9 Å². The molecule has 0 aliphatic rings. The standard InChI is InChI=1S/C25H29NO6/c1-17(2)15-30-23(27)14-22(25(29)31-16-18(3)4)32-21-13-9-8-12-20(21)26-24(28)19-10-6-5-7-11-19/h5-14,17-18H,15-16H2,1-4H3,(H,26,28)/b22-14-. The molecule has 0 saturated carbocycles. The van der Waals surface area contributed by atoms with E-state index in [-0.39, 0.29) is 42.5 Å². The number of carbonyl (C=O) groups is 3. The van der Waals surface area contributed by atoms with E-state index in [0.29, 0.717) is 11.3 Å². The van der Waals surface area contributed by atoms with Crippen LogP contribution in [0.25, 0.3) is 0 Å². The second kappa shape index (κ2) is 12.3. The van der Waals surface area contributed by atoms with Gasteiger partial charge in [0.05, 0.1) is 25.0 Å². The number of hydrogen-bond donors (Lipinski definition) is 1. The first-order chi connectivity index (χ1) is 15.3. The van der Waals surface area contributed by atoms with Crippen LogP contribution < -0.4 is 10.1 Å². The van der Waals surface area contributed by atoms with E-state index in [1.54, 1.807) is 48.5 Å². The van der Waals surface area contributed by atoms with Crippen LogP contribution in [0.1, 0.15) is 38.1 Å². The first-order valence-electron chi connectivity index (χ1n) is 10.4. The van der Waals surface area contributed by atoms with Crippen LogP contribution >= 0.6 is 0 Å². The summed E-state index contributed by atoms with van der Waals surface area (Å²) < 4.78 is 16.1. The maximum absolute atomic E-state index is 12.6. The topological polar surface area (TPSA) is 90.9 Å². The van der Waals surface area contributed by atoms with Crippen LogP contribution in [0.2, 0.25) is 0 Å². The molecule has 0 unspecified atom stereocenters. The minimum Gasteiger partial charge on any atom is -0.462 e. The van der Waals surface area contributed by atoms with Crippen molar-refractivity contribution < 1.29 is 28.6 Å². The Hall–Kier alpha value is -3.61. The highest BCUT2D eigenvalue weighted by Gasteiger charge is 2.20. The number of hydrogen-bond acceptors (Lipinski definition) is 6. The zero-order valence-electron chi connectivity index (χ0n) is 18.8. The summed E-state index contributed by atoms with van der Waals surface area (Å²) in [5, 5.41) is 2.76. The summed E-state index contributed by atoms with van der Waals surface area (Å²) in [5.41, 5.74) is 0.797. The van der Waals surface area contributed by atoms with Crippen LogP contribution in [-0.4, -0.2) is 31.1 Å². The van der Waals surface area contributed by atoms with Crippen molar-refractivity contribution in [3.63, 3.8) is 0 Å². The van der Waals surface area contributed by atoms with Gasteiger partial charge in [-0.05, 0) is 36.1 Å². The summed E-state index contributed by atoms with van der Waals surface area (Å²) in [6.07, 6.45) is 0.959. The van der Waals surface area contributed by atoms with Gasteiger partial charge in [-0.25, -0.2) is 9.59 Å². The third-order valence-electron chi connectivity index (χ3n) is 3.95. The summed E-state index contributed by atoms with van der Waals surface area (Å²) in [5.74, 6) is -1.78. The highest BCUT2D eigenvalue weighted by molar-refractivity contribution is 6.05. The van der Waals surface area contributed by atoms with Crippen molar-refractivity contribution >= 4 is 23.5 Å². The van der Waals surface area contributed by atoms with Crippen LogP contribution in [0.3, 0.4) is 0 Å². The van der Waals surface area contributed by atoms with Gasteiger partial charge in [0, 0.05) is 5.56 Å². The number of carbonyl (C=O) groups excluding carboxylic acids is 3. The number of nitrogens with one attached hydrogen (secondary N) is 1. The summed E-state index contributed by atoms with van der Waals surface area (Å²) in [4.78, 5) is 37.3. The van der Waals surface area contributed by atoms with Crippen molar-refractivity contribution in [2.45, 2.75) is 27.7 Å². The maximum atomic E-state index is 12.6. The van der Waals surface area contributed by atoms with Gasteiger partial charge in [0.1, 0.15) is 0 Å². The molecule has 2 rings (SSSR count). The third kappa shape index (κ3) is 8.26. The van der Waals surface area contributed by atoms with E-state index < -0.39 is 11.9 Å². The van der Waals surface area contributed by atoms with Gasteiger partial charge in [-0.1, -0.05) is 58.0 Å². The number of anilines is 1. The fourth-order valence-corrected chi connectivity index (χ4v) is 2.40. The average Bonchev–Trinajstić information content (AvgIpc) is 2.77. The monoisotopic (exact) mass is 439 g/mol. The molecule has 0 atom stereocenters. The minimum atomic E-state index is -0.801. The predicted octanol–water partition coefficient (Wildman–Crippen LogP) is 4.60. The summed E-state index contributed by atoms with van der Waals surface area (Å²) in [6, 6.07) is 15.3. The first-order valence-corrected chi connectivity index (χ1v) is 10.4. The van der Waals surface area contributed by atoms with Gasteiger partial charge in [0.15, 0.2) is 5.75 Å². The predicted molar refractivity (Wildman–Crippen MR) is 121 cm³/mol. The molecule has 0 aromatic heterocycles. The first kappa shape index (κ1) is 24.7. The smallest absolute Gasteiger partial charge is 0.374 e. The van der Waals surface area contributed by atoms with Crippen molar-refractivity contribution in [3.8, 4) is 5.75 Å².